The fraction of sp³-hybridized carbons (Fsp3) is 0.571. The lowest BCUT2D eigenvalue weighted by Gasteiger charge is -2.28. The fourth-order valence-corrected chi connectivity index (χ4v) is 3.85. The molecule has 4 unspecified atom stereocenters. The number of rotatable bonds is 5. The number of carbonyl (C=O) groups excluding carboxylic acids is 1. The topological polar surface area (TPSA) is 26.3 Å². The summed E-state index contributed by atoms with van der Waals surface area (Å²) in [7, 11) is 0. The Hall–Kier alpha value is -1.12. The first-order valence-electron chi connectivity index (χ1n) is 8.86. The minimum atomic E-state index is -0.0343. The Balaban J connectivity index is 2.10. The van der Waals surface area contributed by atoms with E-state index in [0.29, 0.717) is 11.5 Å². The first-order chi connectivity index (χ1) is 11.4. The van der Waals surface area contributed by atoms with E-state index < -0.39 is 0 Å². The van der Waals surface area contributed by atoms with Crippen LogP contribution in [0.2, 0.25) is 0 Å². The summed E-state index contributed by atoms with van der Waals surface area (Å²) in [6, 6.07) is 0. The number of ether oxygens (including phenoxy) is 1. The lowest BCUT2D eigenvalue weighted by molar-refractivity contribution is -0.114. The molecule has 3 heteroatoms. The third kappa shape index (κ3) is 4.94. The van der Waals surface area contributed by atoms with Gasteiger partial charge in [0.25, 0.3) is 0 Å². The van der Waals surface area contributed by atoms with Crippen molar-refractivity contribution in [2.75, 3.05) is 5.88 Å². The van der Waals surface area contributed by atoms with Crippen LogP contribution in [0.3, 0.4) is 0 Å². The number of alkyl halides is 1. The van der Waals surface area contributed by atoms with E-state index in [1.165, 1.54) is 5.57 Å². The van der Waals surface area contributed by atoms with Gasteiger partial charge < -0.3 is 4.74 Å². The standard InChI is InChI=1S/C21H29ClO2/c1-14-9-10-18(17(4)20(23)13-22)12-19(11-14)24-21-15(2)7-5-6-8-16(21)3/h5-6,8,14,18-19,21H,2,4,7,9-13H2,1,3H3. The molecule has 2 aliphatic rings. The number of hydrogen-bond donors (Lipinski definition) is 0. The Kier molecular flexibility index (Phi) is 7.06. The van der Waals surface area contributed by atoms with Crippen molar-refractivity contribution in [2.24, 2.45) is 11.8 Å². The normalized spacial score (nSPS) is 31.1. The van der Waals surface area contributed by atoms with Crippen LogP contribution in [0.1, 0.15) is 46.0 Å². The highest BCUT2D eigenvalue weighted by molar-refractivity contribution is 6.30. The zero-order valence-corrected chi connectivity index (χ0v) is 15.6. The van der Waals surface area contributed by atoms with Crippen molar-refractivity contribution < 1.29 is 9.53 Å². The zero-order chi connectivity index (χ0) is 17.7. The van der Waals surface area contributed by atoms with E-state index in [2.05, 4.69) is 45.2 Å². The summed E-state index contributed by atoms with van der Waals surface area (Å²) in [6.07, 6.45) is 11.2. The second-order valence-electron chi connectivity index (χ2n) is 7.27. The fourth-order valence-electron chi connectivity index (χ4n) is 3.68. The molecule has 24 heavy (non-hydrogen) atoms. The molecule has 132 valence electrons. The molecule has 0 heterocycles. The van der Waals surface area contributed by atoms with E-state index in [0.717, 1.165) is 37.7 Å². The summed E-state index contributed by atoms with van der Waals surface area (Å²) in [5, 5.41) is 0. The maximum Gasteiger partial charge on any atom is 0.173 e. The molecular weight excluding hydrogens is 320 g/mol. The molecule has 2 nitrogen and oxygen atoms in total. The molecule has 0 spiro atoms. The van der Waals surface area contributed by atoms with Crippen LogP contribution in [-0.4, -0.2) is 23.9 Å². The molecule has 0 radical (unpaired) electrons. The average Bonchev–Trinajstić information content (AvgIpc) is 2.84. The van der Waals surface area contributed by atoms with E-state index in [4.69, 9.17) is 16.3 Å². The third-order valence-electron chi connectivity index (χ3n) is 5.18. The number of halogens is 1. The van der Waals surface area contributed by atoms with Gasteiger partial charge in [-0.2, -0.15) is 0 Å². The first kappa shape index (κ1) is 19.2. The van der Waals surface area contributed by atoms with Gasteiger partial charge in [-0.1, -0.05) is 44.7 Å². The minimum Gasteiger partial charge on any atom is -0.366 e. The van der Waals surface area contributed by atoms with Crippen LogP contribution in [0.15, 0.2) is 48.1 Å². The molecule has 2 aliphatic carbocycles. The van der Waals surface area contributed by atoms with Gasteiger partial charge in [0.2, 0.25) is 0 Å². The van der Waals surface area contributed by atoms with E-state index in [1.807, 2.05) is 0 Å². The third-order valence-corrected chi connectivity index (χ3v) is 5.42. The Morgan fingerprint density at radius 2 is 2.12 bits per heavy atom. The molecule has 2 rings (SSSR count). The van der Waals surface area contributed by atoms with Gasteiger partial charge in [0.15, 0.2) is 5.78 Å². The van der Waals surface area contributed by atoms with Gasteiger partial charge >= 0.3 is 0 Å². The number of allylic oxidation sites excluding steroid dienone is 4. The molecule has 0 bridgehead atoms. The molecule has 1 fully saturated rings. The van der Waals surface area contributed by atoms with Crippen LogP contribution in [-0.2, 0) is 9.53 Å². The number of Topliss-reactive ketones (excluding diaryl/α,β-unsaturated/α-hetero) is 1. The summed E-state index contributed by atoms with van der Waals surface area (Å²) in [4.78, 5) is 11.9. The summed E-state index contributed by atoms with van der Waals surface area (Å²) >= 11 is 5.72. The van der Waals surface area contributed by atoms with Crippen molar-refractivity contribution in [3.8, 4) is 0 Å². The Morgan fingerprint density at radius 1 is 1.38 bits per heavy atom. The van der Waals surface area contributed by atoms with Crippen molar-refractivity contribution in [3.63, 3.8) is 0 Å². The van der Waals surface area contributed by atoms with Crippen molar-refractivity contribution in [2.45, 2.75) is 58.2 Å². The highest BCUT2D eigenvalue weighted by atomic mass is 35.5. The van der Waals surface area contributed by atoms with Gasteiger partial charge in [-0.3, -0.25) is 4.79 Å². The molecule has 0 aliphatic heterocycles. The predicted molar refractivity (Wildman–Crippen MR) is 101 cm³/mol. The smallest absolute Gasteiger partial charge is 0.173 e. The number of carbonyl (C=O) groups is 1. The second-order valence-corrected chi connectivity index (χ2v) is 7.54. The van der Waals surface area contributed by atoms with Gasteiger partial charge in [-0.25, -0.2) is 0 Å². The number of ketones is 1. The van der Waals surface area contributed by atoms with Gasteiger partial charge in [-0.05, 0) is 61.2 Å². The monoisotopic (exact) mass is 348 g/mol. The molecule has 0 amide bonds. The van der Waals surface area contributed by atoms with Crippen molar-refractivity contribution in [3.05, 3.63) is 48.1 Å². The van der Waals surface area contributed by atoms with Gasteiger partial charge in [0, 0.05) is 0 Å². The van der Waals surface area contributed by atoms with Crippen LogP contribution in [0.25, 0.3) is 0 Å². The maximum atomic E-state index is 11.9. The predicted octanol–water partition coefficient (Wildman–Crippen LogP) is 5.39. The second kappa shape index (κ2) is 8.82. The van der Waals surface area contributed by atoms with Crippen LogP contribution in [0.5, 0.6) is 0 Å². The summed E-state index contributed by atoms with van der Waals surface area (Å²) in [5.74, 6) is 0.741. The minimum absolute atomic E-state index is 0.0172. The molecule has 0 saturated heterocycles. The van der Waals surface area contributed by atoms with Gasteiger partial charge in [0.1, 0.15) is 0 Å². The van der Waals surface area contributed by atoms with E-state index in [-0.39, 0.29) is 29.8 Å². The quantitative estimate of drug-likeness (QED) is 0.288. The van der Waals surface area contributed by atoms with Crippen LogP contribution < -0.4 is 0 Å². The molecular formula is C21H29ClO2. The highest BCUT2D eigenvalue weighted by Crippen LogP contribution is 2.35. The molecule has 0 aromatic rings. The SMILES string of the molecule is C=C(C(=O)CCl)C1CCC(C)CC(OC2C(=C)CC=CC=C2C)C1. The van der Waals surface area contributed by atoms with E-state index in [1.54, 1.807) is 0 Å². The first-order valence-corrected chi connectivity index (χ1v) is 9.40. The molecule has 1 saturated carbocycles. The van der Waals surface area contributed by atoms with Crippen molar-refractivity contribution >= 4 is 17.4 Å². The largest absolute Gasteiger partial charge is 0.366 e. The van der Waals surface area contributed by atoms with Crippen LogP contribution >= 0.6 is 11.6 Å². The Bertz CT molecular complexity index is 558. The van der Waals surface area contributed by atoms with E-state index >= 15 is 0 Å². The van der Waals surface area contributed by atoms with Crippen molar-refractivity contribution in [1.29, 1.82) is 0 Å². The van der Waals surface area contributed by atoms with Gasteiger partial charge in [-0.15, -0.1) is 11.6 Å². The average molecular weight is 349 g/mol. The highest BCUT2D eigenvalue weighted by Gasteiger charge is 2.30. The zero-order valence-electron chi connectivity index (χ0n) is 14.9. The molecule has 0 aromatic heterocycles. The molecule has 4 atom stereocenters. The van der Waals surface area contributed by atoms with Gasteiger partial charge in [0.05, 0.1) is 18.1 Å². The van der Waals surface area contributed by atoms with E-state index in [9.17, 15) is 4.79 Å². The summed E-state index contributed by atoms with van der Waals surface area (Å²) < 4.78 is 6.49. The molecule has 0 N–H and O–H groups in total. The van der Waals surface area contributed by atoms with Crippen LogP contribution in [0.4, 0.5) is 0 Å². The van der Waals surface area contributed by atoms with Crippen molar-refractivity contribution in [1.82, 2.24) is 0 Å². The maximum absolute atomic E-state index is 11.9. The number of hydrogen-bond acceptors (Lipinski definition) is 2. The Labute approximate surface area is 151 Å². The summed E-state index contributed by atoms with van der Waals surface area (Å²) in [6.45, 7) is 12.6. The van der Waals surface area contributed by atoms with Crippen LogP contribution in [0, 0.1) is 11.8 Å². The molecule has 0 aromatic carbocycles. The Morgan fingerprint density at radius 3 is 2.83 bits per heavy atom. The lowest BCUT2D eigenvalue weighted by Crippen LogP contribution is -2.27. The lowest BCUT2D eigenvalue weighted by atomic mass is 9.89. The summed E-state index contributed by atoms with van der Waals surface area (Å²) in [5.41, 5.74) is 2.96.